The first-order valence-corrected chi connectivity index (χ1v) is 5.82. The number of unbranched alkanes of at least 4 members (excludes halogenated alkanes) is 2. The van der Waals surface area contributed by atoms with Crippen LogP contribution in [0, 0.1) is 10.1 Å². The van der Waals surface area contributed by atoms with Gasteiger partial charge in [-0.05, 0) is 12.5 Å². The Kier molecular flexibility index (Phi) is 5.10. The molecule has 0 saturated heterocycles. The van der Waals surface area contributed by atoms with Gasteiger partial charge in [-0.2, -0.15) is 0 Å². The van der Waals surface area contributed by atoms with E-state index in [1.54, 1.807) is 0 Å². The minimum absolute atomic E-state index is 0.0292. The van der Waals surface area contributed by atoms with Gasteiger partial charge in [0.2, 0.25) is 5.91 Å². The maximum Gasteiger partial charge on any atom is 0.293 e. The van der Waals surface area contributed by atoms with Crippen LogP contribution in [0.25, 0.3) is 0 Å². The van der Waals surface area contributed by atoms with Crippen LogP contribution in [-0.4, -0.2) is 15.9 Å². The number of aromatic hydroxyl groups is 1. The first-order chi connectivity index (χ1) is 8.54. The molecule has 18 heavy (non-hydrogen) atoms. The third-order valence-electron chi connectivity index (χ3n) is 2.46. The van der Waals surface area contributed by atoms with E-state index in [1.165, 1.54) is 12.1 Å². The van der Waals surface area contributed by atoms with Gasteiger partial charge in [-0.3, -0.25) is 14.9 Å². The monoisotopic (exact) mass is 252 g/mol. The lowest BCUT2D eigenvalue weighted by molar-refractivity contribution is -0.383. The molecule has 0 aliphatic heterocycles. The molecule has 0 aromatic heterocycles. The van der Waals surface area contributed by atoms with Crippen molar-refractivity contribution in [2.45, 2.75) is 32.6 Å². The van der Waals surface area contributed by atoms with E-state index in [0.717, 1.165) is 25.3 Å². The summed E-state index contributed by atoms with van der Waals surface area (Å²) < 4.78 is 0. The van der Waals surface area contributed by atoms with Crippen molar-refractivity contribution in [2.75, 3.05) is 5.32 Å². The van der Waals surface area contributed by atoms with E-state index in [2.05, 4.69) is 5.32 Å². The molecule has 0 spiro atoms. The van der Waals surface area contributed by atoms with Crippen molar-refractivity contribution in [3.63, 3.8) is 0 Å². The summed E-state index contributed by atoms with van der Waals surface area (Å²) in [6, 6.07) is 3.55. The molecule has 6 nitrogen and oxygen atoms in total. The van der Waals surface area contributed by atoms with Gasteiger partial charge in [0.15, 0.2) is 0 Å². The Hall–Kier alpha value is -2.11. The second kappa shape index (κ2) is 6.58. The molecule has 6 heteroatoms. The fourth-order valence-electron chi connectivity index (χ4n) is 1.53. The Morgan fingerprint density at radius 2 is 2.17 bits per heavy atom. The molecule has 1 rings (SSSR count). The van der Waals surface area contributed by atoms with Gasteiger partial charge in [-0.1, -0.05) is 19.8 Å². The number of hydrogen-bond acceptors (Lipinski definition) is 4. The number of nitrogens with one attached hydrogen (secondary N) is 1. The molecular formula is C12H16N2O4. The van der Waals surface area contributed by atoms with Crippen molar-refractivity contribution in [1.82, 2.24) is 0 Å². The van der Waals surface area contributed by atoms with Gasteiger partial charge in [-0.25, -0.2) is 0 Å². The number of anilines is 1. The zero-order valence-corrected chi connectivity index (χ0v) is 10.2. The van der Waals surface area contributed by atoms with Crippen LogP contribution in [0.3, 0.4) is 0 Å². The van der Waals surface area contributed by atoms with Crippen molar-refractivity contribution in [3.05, 3.63) is 28.3 Å². The number of phenolic OH excluding ortho intramolecular Hbond substituents is 1. The van der Waals surface area contributed by atoms with Crippen molar-refractivity contribution in [3.8, 4) is 5.75 Å². The molecule has 0 aliphatic carbocycles. The predicted molar refractivity (Wildman–Crippen MR) is 67.5 cm³/mol. The van der Waals surface area contributed by atoms with Crippen LogP contribution < -0.4 is 5.32 Å². The highest BCUT2D eigenvalue weighted by Crippen LogP contribution is 2.28. The molecule has 0 heterocycles. The minimum Gasteiger partial charge on any atom is -0.508 e. The van der Waals surface area contributed by atoms with E-state index in [9.17, 15) is 20.0 Å². The third-order valence-corrected chi connectivity index (χ3v) is 2.46. The SMILES string of the molecule is CCCCCC(=O)Nc1cc(O)ccc1[N+](=O)[O-]. The molecule has 0 saturated carbocycles. The second-order valence-corrected chi connectivity index (χ2v) is 3.96. The number of nitro groups is 1. The third kappa shape index (κ3) is 4.04. The first kappa shape index (κ1) is 14.0. The smallest absolute Gasteiger partial charge is 0.293 e. The van der Waals surface area contributed by atoms with E-state index >= 15 is 0 Å². The van der Waals surface area contributed by atoms with Crippen molar-refractivity contribution >= 4 is 17.3 Å². The minimum atomic E-state index is -0.596. The summed E-state index contributed by atoms with van der Waals surface area (Å²) in [5.74, 6) is -0.401. The molecular weight excluding hydrogens is 236 g/mol. The Morgan fingerprint density at radius 1 is 1.44 bits per heavy atom. The fraction of sp³-hybridized carbons (Fsp3) is 0.417. The van der Waals surface area contributed by atoms with Gasteiger partial charge in [0.25, 0.3) is 5.69 Å². The number of amides is 1. The predicted octanol–water partition coefficient (Wildman–Crippen LogP) is 2.82. The van der Waals surface area contributed by atoms with E-state index in [1.807, 2.05) is 6.92 Å². The highest BCUT2D eigenvalue weighted by Gasteiger charge is 2.16. The summed E-state index contributed by atoms with van der Waals surface area (Å²) in [5.41, 5.74) is -0.196. The molecule has 0 fully saturated rings. The number of carbonyl (C=O) groups is 1. The molecule has 0 unspecified atom stereocenters. The maximum absolute atomic E-state index is 11.6. The molecule has 2 N–H and O–H groups in total. The number of carbonyl (C=O) groups excluding carboxylic acids is 1. The summed E-state index contributed by atoms with van der Waals surface area (Å²) in [7, 11) is 0. The van der Waals surface area contributed by atoms with E-state index < -0.39 is 4.92 Å². The van der Waals surface area contributed by atoms with Gasteiger partial charge < -0.3 is 10.4 Å². The molecule has 1 amide bonds. The standard InChI is InChI=1S/C12H16N2O4/c1-2-3-4-5-12(16)13-10-8-9(15)6-7-11(10)14(17)18/h6-8,15H,2-5H2,1H3,(H,13,16). The number of benzene rings is 1. The Morgan fingerprint density at radius 3 is 2.78 bits per heavy atom. The number of rotatable bonds is 6. The lowest BCUT2D eigenvalue weighted by atomic mass is 10.2. The van der Waals surface area contributed by atoms with E-state index in [-0.39, 0.29) is 23.0 Å². The largest absolute Gasteiger partial charge is 0.508 e. The molecule has 1 aromatic rings. The van der Waals surface area contributed by atoms with Crippen LogP contribution in [-0.2, 0) is 4.79 Å². The van der Waals surface area contributed by atoms with Crippen molar-refractivity contribution in [2.24, 2.45) is 0 Å². The van der Waals surface area contributed by atoms with Crippen LogP contribution in [0.4, 0.5) is 11.4 Å². The van der Waals surface area contributed by atoms with Crippen molar-refractivity contribution in [1.29, 1.82) is 0 Å². The van der Waals surface area contributed by atoms with Crippen LogP contribution in [0.5, 0.6) is 5.75 Å². The van der Waals surface area contributed by atoms with E-state index in [4.69, 9.17) is 0 Å². The number of phenols is 1. The zero-order chi connectivity index (χ0) is 13.5. The normalized spacial score (nSPS) is 10.1. The highest BCUT2D eigenvalue weighted by molar-refractivity contribution is 5.93. The zero-order valence-electron chi connectivity index (χ0n) is 10.2. The Balaban J connectivity index is 2.73. The van der Waals surface area contributed by atoms with Crippen LogP contribution in [0.15, 0.2) is 18.2 Å². The van der Waals surface area contributed by atoms with Gasteiger partial charge >= 0.3 is 0 Å². The van der Waals surface area contributed by atoms with Crippen LogP contribution >= 0.6 is 0 Å². The van der Waals surface area contributed by atoms with Crippen LogP contribution in [0.2, 0.25) is 0 Å². The molecule has 0 radical (unpaired) electrons. The van der Waals surface area contributed by atoms with Crippen LogP contribution in [0.1, 0.15) is 32.6 Å². The van der Waals surface area contributed by atoms with Crippen molar-refractivity contribution < 1.29 is 14.8 Å². The first-order valence-electron chi connectivity index (χ1n) is 5.82. The Bertz CT molecular complexity index is 446. The number of nitro benzene ring substituents is 1. The van der Waals surface area contributed by atoms with Gasteiger partial charge in [-0.15, -0.1) is 0 Å². The lowest BCUT2D eigenvalue weighted by Crippen LogP contribution is -2.12. The topological polar surface area (TPSA) is 92.5 Å². The van der Waals surface area contributed by atoms with Gasteiger partial charge in [0, 0.05) is 18.6 Å². The van der Waals surface area contributed by atoms with E-state index in [0.29, 0.717) is 6.42 Å². The van der Waals surface area contributed by atoms with Gasteiger partial charge in [0.1, 0.15) is 11.4 Å². The Labute approximate surface area is 105 Å². The molecule has 0 atom stereocenters. The molecule has 1 aromatic carbocycles. The summed E-state index contributed by atoms with van der Waals surface area (Å²) >= 11 is 0. The molecule has 0 bridgehead atoms. The van der Waals surface area contributed by atoms with Gasteiger partial charge in [0.05, 0.1) is 4.92 Å². The lowest BCUT2D eigenvalue weighted by Gasteiger charge is -2.06. The summed E-state index contributed by atoms with van der Waals surface area (Å²) in [4.78, 5) is 21.7. The summed E-state index contributed by atoms with van der Waals surface area (Å²) in [6.07, 6.45) is 3.00. The summed E-state index contributed by atoms with van der Waals surface area (Å²) in [5, 5.41) is 22.5. The number of hydrogen-bond donors (Lipinski definition) is 2. The summed E-state index contributed by atoms with van der Waals surface area (Å²) in [6.45, 7) is 2.03. The molecule has 98 valence electrons. The average Bonchev–Trinajstić information content (AvgIpc) is 2.29. The highest BCUT2D eigenvalue weighted by atomic mass is 16.6. The number of nitrogens with zero attached hydrogens (tertiary/aromatic N) is 1. The maximum atomic E-state index is 11.6. The molecule has 0 aliphatic rings. The second-order valence-electron chi connectivity index (χ2n) is 3.96. The quantitative estimate of drug-likeness (QED) is 0.462. The fourth-order valence-corrected chi connectivity index (χ4v) is 1.53. The average molecular weight is 252 g/mol.